The SMILES string of the molecule is C/C=C(\OC)O[C@@H]1C=CO[C@@H]2CO[Si](C(C)(C)C)(C(C)(C)C)O[C@H]12. The molecule has 0 saturated carbocycles. The molecule has 0 spiro atoms. The Kier molecular flexibility index (Phi) is 5.42. The largest absolute Gasteiger partial charge is 0.493 e. The van der Waals surface area contributed by atoms with E-state index in [-0.39, 0.29) is 28.4 Å². The quantitative estimate of drug-likeness (QED) is 0.559. The van der Waals surface area contributed by atoms with Gasteiger partial charge in [-0.3, -0.25) is 0 Å². The van der Waals surface area contributed by atoms with Gasteiger partial charge in [-0.2, -0.15) is 0 Å². The van der Waals surface area contributed by atoms with E-state index < -0.39 is 8.56 Å². The molecule has 0 aromatic heterocycles. The average Bonchev–Trinajstić information content (AvgIpc) is 2.50. The number of ether oxygens (including phenoxy) is 3. The number of fused-ring (bicyclic) bond motifs is 1. The molecule has 0 aromatic carbocycles. The zero-order valence-electron chi connectivity index (χ0n) is 16.2. The summed E-state index contributed by atoms with van der Waals surface area (Å²) in [4.78, 5) is 0. The molecule has 138 valence electrons. The van der Waals surface area contributed by atoms with Gasteiger partial charge in [-0.05, 0) is 19.1 Å². The van der Waals surface area contributed by atoms with Crippen molar-refractivity contribution in [3.8, 4) is 0 Å². The van der Waals surface area contributed by atoms with Gasteiger partial charge in [0, 0.05) is 10.1 Å². The van der Waals surface area contributed by atoms with Crippen LogP contribution in [0.5, 0.6) is 0 Å². The first-order valence-electron chi connectivity index (χ1n) is 8.56. The number of hydrogen-bond acceptors (Lipinski definition) is 5. The first kappa shape index (κ1) is 19.3. The molecule has 0 unspecified atom stereocenters. The third-order valence-electron chi connectivity index (χ3n) is 4.63. The summed E-state index contributed by atoms with van der Waals surface area (Å²) in [6.07, 6.45) is 4.73. The molecular formula is C18H32O5Si. The molecule has 1 saturated heterocycles. The van der Waals surface area contributed by atoms with Crippen LogP contribution in [0.4, 0.5) is 0 Å². The second-order valence-corrected chi connectivity index (χ2v) is 13.2. The summed E-state index contributed by atoms with van der Waals surface area (Å²) in [6.45, 7) is 15.6. The molecule has 2 rings (SSSR count). The van der Waals surface area contributed by atoms with Crippen molar-refractivity contribution in [3.05, 3.63) is 24.4 Å². The topological polar surface area (TPSA) is 46.2 Å². The van der Waals surface area contributed by atoms with E-state index in [1.165, 1.54) is 0 Å². The van der Waals surface area contributed by atoms with E-state index >= 15 is 0 Å². The minimum Gasteiger partial charge on any atom is -0.493 e. The molecule has 0 amide bonds. The summed E-state index contributed by atoms with van der Waals surface area (Å²) in [5, 5.41) is -0.154. The number of hydrogen-bond donors (Lipinski definition) is 0. The van der Waals surface area contributed by atoms with Crippen molar-refractivity contribution in [1.82, 2.24) is 0 Å². The van der Waals surface area contributed by atoms with E-state index in [4.69, 9.17) is 23.1 Å². The highest BCUT2D eigenvalue weighted by Gasteiger charge is 2.63. The van der Waals surface area contributed by atoms with Crippen LogP contribution >= 0.6 is 0 Å². The Labute approximate surface area is 147 Å². The smallest absolute Gasteiger partial charge is 0.349 e. The summed E-state index contributed by atoms with van der Waals surface area (Å²) in [5.74, 6) is 0.485. The van der Waals surface area contributed by atoms with Crippen LogP contribution in [-0.4, -0.2) is 40.6 Å². The molecule has 5 nitrogen and oxygen atoms in total. The molecule has 3 atom stereocenters. The predicted octanol–water partition coefficient (Wildman–Crippen LogP) is 4.25. The van der Waals surface area contributed by atoms with Crippen LogP contribution in [0.1, 0.15) is 48.5 Å². The van der Waals surface area contributed by atoms with Crippen molar-refractivity contribution in [2.45, 2.75) is 76.9 Å². The van der Waals surface area contributed by atoms with Crippen molar-refractivity contribution < 1.29 is 23.1 Å². The third-order valence-corrected chi connectivity index (χ3v) is 9.76. The van der Waals surface area contributed by atoms with E-state index in [2.05, 4.69) is 41.5 Å². The molecule has 24 heavy (non-hydrogen) atoms. The van der Waals surface area contributed by atoms with Crippen molar-refractivity contribution >= 4 is 8.56 Å². The fourth-order valence-electron chi connectivity index (χ4n) is 3.71. The number of allylic oxidation sites excluding steroid dienone is 1. The van der Waals surface area contributed by atoms with Gasteiger partial charge in [0.05, 0.1) is 20.0 Å². The van der Waals surface area contributed by atoms with Crippen LogP contribution in [0, 0.1) is 0 Å². The Morgan fingerprint density at radius 1 is 1.17 bits per heavy atom. The molecule has 0 N–H and O–H groups in total. The molecule has 0 aromatic rings. The van der Waals surface area contributed by atoms with Gasteiger partial charge in [0.1, 0.15) is 12.2 Å². The Balaban J connectivity index is 2.33. The minimum absolute atomic E-state index is 0.0768. The lowest BCUT2D eigenvalue weighted by Gasteiger charge is -2.55. The maximum absolute atomic E-state index is 6.74. The standard InChI is InChI=1S/C18H32O5Si/c1-9-15(19-8)22-13-10-11-20-14-12-21-24(17(2,3)4,18(5,6)7)23-16(13)14/h9-11,13-14,16H,12H2,1-8H3/b15-9+/t13-,14-,16-/m1/s1. The van der Waals surface area contributed by atoms with Gasteiger partial charge < -0.3 is 23.1 Å². The van der Waals surface area contributed by atoms with Gasteiger partial charge in [-0.1, -0.05) is 41.5 Å². The highest BCUT2D eigenvalue weighted by molar-refractivity contribution is 6.73. The molecule has 0 bridgehead atoms. The van der Waals surface area contributed by atoms with Gasteiger partial charge in [-0.15, -0.1) is 0 Å². The van der Waals surface area contributed by atoms with Gasteiger partial charge in [-0.25, -0.2) is 0 Å². The number of rotatable bonds is 3. The third kappa shape index (κ3) is 3.37. The summed E-state index contributed by atoms with van der Waals surface area (Å²) >= 11 is 0. The molecule has 0 aliphatic carbocycles. The van der Waals surface area contributed by atoms with Gasteiger partial charge in [0.2, 0.25) is 0 Å². The summed E-state index contributed by atoms with van der Waals surface area (Å²) in [6, 6.07) is 0. The monoisotopic (exact) mass is 356 g/mol. The van der Waals surface area contributed by atoms with Crippen LogP contribution < -0.4 is 0 Å². The summed E-state index contributed by atoms with van der Waals surface area (Å²) < 4.78 is 30.1. The Morgan fingerprint density at radius 2 is 1.79 bits per heavy atom. The van der Waals surface area contributed by atoms with Crippen molar-refractivity contribution in [2.75, 3.05) is 13.7 Å². The second kappa shape index (κ2) is 6.73. The van der Waals surface area contributed by atoms with Gasteiger partial charge in [0.25, 0.3) is 5.95 Å². The molecule has 2 aliphatic rings. The molecule has 2 heterocycles. The molecular weight excluding hydrogens is 324 g/mol. The average molecular weight is 357 g/mol. The maximum Gasteiger partial charge on any atom is 0.349 e. The fraction of sp³-hybridized carbons (Fsp3) is 0.778. The van der Waals surface area contributed by atoms with Gasteiger partial charge >= 0.3 is 8.56 Å². The lowest BCUT2D eigenvalue weighted by molar-refractivity contribution is -0.138. The van der Waals surface area contributed by atoms with Crippen LogP contribution in [0.15, 0.2) is 24.4 Å². The zero-order chi connectivity index (χ0) is 18.2. The van der Waals surface area contributed by atoms with Crippen molar-refractivity contribution in [2.24, 2.45) is 0 Å². The normalized spacial score (nSPS) is 30.3. The van der Waals surface area contributed by atoms with E-state index in [9.17, 15) is 0 Å². The lowest BCUT2D eigenvalue weighted by Crippen LogP contribution is -2.67. The number of methoxy groups -OCH3 is 1. The van der Waals surface area contributed by atoms with Crippen molar-refractivity contribution in [3.63, 3.8) is 0 Å². The van der Waals surface area contributed by atoms with Crippen LogP contribution in [0.25, 0.3) is 0 Å². The lowest BCUT2D eigenvalue weighted by atomic mass is 10.1. The summed E-state index contributed by atoms with van der Waals surface area (Å²) in [5.41, 5.74) is 0. The zero-order valence-corrected chi connectivity index (χ0v) is 17.2. The van der Waals surface area contributed by atoms with Crippen molar-refractivity contribution in [1.29, 1.82) is 0 Å². The van der Waals surface area contributed by atoms with Crippen LogP contribution in [0.3, 0.4) is 0 Å². The highest BCUT2D eigenvalue weighted by Crippen LogP contribution is 2.54. The van der Waals surface area contributed by atoms with E-state index in [1.54, 1.807) is 19.4 Å². The molecule has 2 aliphatic heterocycles. The Hall–Kier alpha value is -0.983. The first-order valence-corrected chi connectivity index (χ1v) is 10.4. The maximum atomic E-state index is 6.74. The Morgan fingerprint density at radius 3 is 2.29 bits per heavy atom. The molecule has 6 heteroatoms. The van der Waals surface area contributed by atoms with Crippen LogP contribution in [0.2, 0.25) is 10.1 Å². The summed E-state index contributed by atoms with van der Waals surface area (Å²) in [7, 11) is -0.960. The highest BCUT2D eigenvalue weighted by atomic mass is 28.4. The van der Waals surface area contributed by atoms with Crippen LogP contribution in [-0.2, 0) is 23.1 Å². The van der Waals surface area contributed by atoms with E-state index in [0.717, 1.165) is 0 Å². The predicted molar refractivity (Wildman–Crippen MR) is 95.7 cm³/mol. The Bertz CT molecular complexity index is 487. The van der Waals surface area contributed by atoms with E-state index in [1.807, 2.05) is 13.0 Å². The van der Waals surface area contributed by atoms with Gasteiger partial charge in [0.15, 0.2) is 6.10 Å². The fourth-order valence-corrected chi connectivity index (χ4v) is 8.67. The molecule has 1 fully saturated rings. The minimum atomic E-state index is -2.56. The molecule has 0 radical (unpaired) electrons. The second-order valence-electron chi connectivity index (χ2n) is 8.41. The first-order chi connectivity index (χ1) is 11.1. The van der Waals surface area contributed by atoms with E-state index in [0.29, 0.717) is 12.6 Å².